The first kappa shape index (κ1) is 29.3. The summed E-state index contributed by atoms with van der Waals surface area (Å²) in [4.78, 5) is 18.1. The van der Waals surface area contributed by atoms with Crippen molar-refractivity contribution in [3.8, 4) is 11.8 Å². The van der Waals surface area contributed by atoms with Crippen LogP contribution in [-0.4, -0.2) is 75.3 Å². The van der Waals surface area contributed by atoms with Crippen LogP contribution in [0.3, 0.4) is 0 Å². The molecule has 1 unspecified atom stereocenters. The molecule has 3 heterocycles. The Morgan fingerprint density at radius 2 is 1.79 bits per heavy atom. The van der Waals surface area contributed by atoms with Gasteiger partial charge < -0.3 is 36.2 Å². The second kappa shape index (κ2) is 13.2. The van der Waals surface area contributed by atoms with Crippen LogP contribution in [0.4, 0.5) is 20.2 Å². The summed E-state index contributed by atoms with van der Waals surface area (Å²) in [7, 11) is 2.11. The molecule has 2 aromatic rings. The Morgan fingerprint density at radius 3 is 2.50 bits per heavy atom. The number of nitrogens with zero attached hydrogens (tertiary/aromatic N) is 2. The van der Waals surface area contributed by atoms with Gasteiger partial charge in [-0.1, -0.05) is 11.8 Å². The maximum Gasteiger partial charge on any atom is 0.258 e. The number of carbonyl (C=O) groups is 1. The molecule has 6 N–H and O–H groups in total. The van der Waals surface area contributed by atoms with Gasteiger partial charge in [-0.05, 0) is 56.3 Å². The minimum absolute atomic E-state index is 0.170. The van der Waals surface area contributed by atoms with Crippen molar-refractivity contribution in [3.63, 3.8) is 0 Å². The number of hydrogen-bond donors (Lipinski definition) is 5. The third-order valence-electron chi connectivity index (χ3n) is 7.50. The Bertz CT molecular complexity index is 1450. The maximum atomic E-state index is 13.5. The van der Waals surface area contributed by atoms with E-state index in [1.165, 1.54) is 0 Å². The van der Waals surface area contributed by atoms with Crippen LogP contribution in [0.5, 0.6) is 0 Å². The SMILES string of the molecule is CN1CCN(c2ccc(C(=O)NC(=N)C3=CC(C#Cc4cc(F)cc(F)c4)=CNC3N)c(NC3CCOCC3)c2)CC1. The number of nitrogens with one attached hydrogen (secondary N) is 4. The normalized spacial score (nSPS) is 19.5. The molecule has 0 aliphatic carbocycles. The van der Waals surface area contributed by atoms with E-state index in [1.807, 2.05) is 12.1 Å². The van der Waals surface area contributed by atoms with Crippen LogP contribution >= 0.6 is 0 Å². The molecule has 0 spiro atoms. The minimum atomic E-state index is -0.755. The monoisotopic (exact) mass is 575 g/mol. The van der Waals surface area contributed by atoms with E-state index in [-0.39, 0.29) is 17.4 Å². The fourth-order valence-corrected chi connectivity index (χ4v) is 5.06. The van der Waals surface area contributed by atoms with Crippen molar-refractivity contribution in [2.75, 3.05) is 56.7 Å². The Hall–Kier alpha value is -4.24. The predicted molar refractivity (Wildman–Crippen MR) is 159 cm³/mol. The van der Waals surface area contributed by atoms with Gasteiger partial charge in [0.25, 0.3) is 5.91 Å². The number of rotatable bonds is 5. The van der Waals surface area contributed by atoms with Crippen LogP contribution < -0.4 is 26.6 Å². The molecule has 0 radical (unpaired) electrons. The van der Waals surface area contributed by atoms with Gasteiger partial charge in [0, 0.05) is 85.8 Å². The average molecular weight is 576 g/mol. The third-order valence-corrected chi connectivity index (χ3v) is 7.50. The van der Waals surface area contributed by atoms with Crippen molar-refractivity contribution in [1.29, 1.82) is 5.41 Å². The third kappa shape index (κ3) is 7.33. The molecule has 3 aliphatic heterocycles. The zero-order valence-electron chi connectivity index (χ0n) is 23.5. The molecule has 11 heteroatoms. The van der Waals surface area contributed by atoms with Gasteiger partial charge in [-0.15, -0.1) is 0 Å². The van der Waals surface area contributed by atoms with E-state index in [2.05, 4.69) is 44.6 Å². The summed E-state index contributed by atoms with van der Waals surface area (Å²) in [5.41, 5.74) is 9.26. The largest absolute Gasteiger partial charge is 0.381 e. The zero-order valence-corrected chi connectivity index (χ0v) is 23.5. The quantitative estimate of drug-likeness (QED) is 0.211. The summed E-state index contributed by atoms with van der Waals surface area (Å²) in [5, 5.41) is 17.8. The molecule has 3 aliphatic rings. The number of hydrogen-bond acceptors (Lipinski definition) is 8. The molecule has 1 atom stereocenters. The lowest BCUT2D eigenvalue weighted by Crippen LogP contribution is -2.45. The lowest BCUT2D eigenvalue weighted by Gasteiger charge is -2.34. The number of anilines is 2. The highest BCUT2D eigenvalue weighted by Gasteiger charge is 2.24. The molecular formula is C31H35F2N7O2. The second-order valence-corrected chi connectivity index (χ2v) is 10.6. The van der Waals surface area contributed by atoms with E-state index in [0.29, 0.717) is 35.6 Å². The molecule has 0 saturated carbocycles. The fourth-order valence-electron chi connectivity index (χ4n) is 5.06. The van der Waals surface area contributed by atoms with E-state index < -0.39 is 23.7 Å². The number of amides is 1. The predicted octanol–water partition coefficient (Wildman–Crippen LogP) is 2.76. The summed E-state index contributed by atoms with van der Waals surface area (Å²) in [6, 6.07) is 8.96. The highest BCUT2D eigenvalue weighted by Crippen LogP contribution is 2.27. The van der Waals surface area contributed by atoms with Crippen LogP contribution in [0.25, 0.3) is 0 Å². The lowest BCUT2D eigenvalue weighted by molar-refractivity contribution is 0.0904. The standard InChI is InChI=1S/C31H35F2N7O2/c1-39-8-10-40(11-9-39)25-4-5-26(28(18-25)37-24-6-12-42-13-7-24)31(41)38-30(35)27-16-21(19-36-29(27)34)3-2-20-14-22(32)17-23(33)15-20/h4-5,14-19,24,29,36-37H,6-13,34H2,1H3,(H2,35,38,41). The summed E-state index contributed by atoms with van der Waals surface area (Å²) in [6.07, 6.45) is 4.04. The Labute approximate surface area is 244 Å². The molecule has 1 amide bonds. The number of ether oxygens (including phenoxy) is 1. The molecule has 0 bridgehead atoms. The number of nitrogens with two attached hydrogens (primary N) is 1. The van der Waals surface area contributed by atoms with E-state index in [9.17, 15) is 13.6 Å². The summed E-state index contributed by atoms with van der Waals surface area (Å²) < 4.78 is 32.5. The first-order chi connectivity index (χ1) is 20.2. The van der Waals surface area contributed by atoms with Crippen LogP contribution in [0.1, 0.15) is 28.8 Å². The van der Waals surface area contributed by atoms with Gasteiger partial charge in [-0.2, -0.15) is 0 Å². The number of amidine groups is 1. The van der Waals surface area contributed by atoms with Crippen molar-refractivity contribution < 1.29 is 18.3 Å². The van der Waals surface area contributed by atoms with Gasteiger partial charge >= 0.3 is 0 Å². The molecule has 220 valence electrons. The molecule has 9 nitrogen and oxygen atoms in total. The van der Waals surface area contributed by atoms with Crippen LogP contribution in [0.2, 0.25) is 0 Å². The van der Waals surface area contributed by atoms with E-state index >= 15 is 0 Å². The number of carbonyl (C=O) groups excluding carboxylic acids is 1. The van der Waals surface area contributed by atoms with Gasteiger partial charge in [-0.25, -0.2) is 8.78 Å². The lowest BCUT2D eigenvalue weighted by atomic mass is 10.0. The van der Waals surface area contributed by atoms with Crippen molar-refractivity contribution in [2.24, 2.45) is 5.73 Å². The Morgan fingerprint density at radius 1 is 1.07 bits per heavy atom. The van der Waals surface area contributed by atoms with Crippen LogP contribution in [-0.2, 0) is 4.74 Å². The zero-order chi connectivity index (χ0) is 29.6. The smallest absolute Gasteiger partial charge is 0.258 e. The highest BCUT2D eigenvalue weighted by molar-refractivity contribution is 6.14. The van der Waals surface area contributed by atoms with Gasteiger partial charge in [0.1, 0.15) is 23.6 Å². The second-order valence-electron chi connectivity index (χ2n) is 10.6. The van der Waals surface area contributed by atoms with Crippen molar-refractivity contribution in [2.45, 2.75) is 25.0 Å². The minimum Gasteiger partial charge on any atom is -0.381 e. The van der Waals surface area contributed by atoms with E-state index in [0.717, 1.165) is 62.9 Å². The van der Waals surface area contributed by atoms with E-state index in [4.69, 9.17) is 15.9 Å². The number of allylic oxidation sites excluding steroid dienone is 2. The van der Waals surface area contributed by atoms with Crippen molar-refractivity contribution in [3.05, 3.63) is 82.6 Å². The fraction of sp³-hybridized carbons (Fsp3) is 0.355. The summed E-state index contributed by atoms with van der Waals surface area (Å²) >= 11 is 0. The molecular weight excluding hydrogens is 540 g/mol. The molecule has 2 aromatic carbocycles. The number of dihydropyridines is 1. The molecule has 0 aromatic heterocycles. The maximum absolute atomic E-state index is 13.5. The molecule has 42 heavy (non-hydrogen) atoms. The Balaban J connectivity index is 1.34. The van der Waals surface area contributed by atoms with Gasteiger partial charge in [-0.3, -0.25) is 10.2 Å². The Kier molecular flexibility index (Phi) is 9.17. The highest BCUT2D eigenvalue weighted by atomic mass is 19.1. The average Bonchev–Trinajstić information content (AvgIpc) is 2.97. The van der Waals surface area contributed by atoms with Gasteiger partial charge in [0.05, 0.1) is 5.56 Å². The molecule has 2 fully saturated rings. The number of halogens is 2. The van der Waals surface area contributed by atoms with Crippen LogP contribution in [0, 0.1) is 28.9 Å². The molecule has 2 saturated heterocycles. The first-order valence-electron chi connectivity index (χ1n) is 14.0. The van der Waals surface area contributed by atoms with Gasteiger partial charge in [0.15, 0.2) is 0 Å². The number of likely N-dealkylation sites (N-methyl/N-ethyl adjacent to an activating group) is 1. The number of benzene rings is 2. The first-order valence-corrected chi connectivity index (χ1v) is 14.0. The van der Waals surface area contributed by atoms with Crippen molar-refractivity contribution >= 4 is 23.1 Å². The van der Waals surface area contributed by atoms with Crippen LogP contribution in [0.15, 0.2) is 59.8 Å². The molecule has 5 rings (SSSR count). The van der Waals surface area contributed by atoms with Crippen molar-refractivity contribution in [1.82, 2.24) is 15.5 Å². The van der Waals surface area contributed by atoms with Gasteiger partial charge in [0.2, 0.25) is 0 Å². The number of piperazine rings is 1. The topological polar surface area (TPSA) is 119 Å². The summed E-state index contributed by atoms with van der Waals surface area (Å²) in [6.45, 7) is 5.05. The van der Waals surface area contributed by atoms with E-state index in [1.54, 1.807) is 18.3 Å². The summed E-state index contributed by atoms with van der Waals surface area (Å²) in [5.74, 6) is 3.48.